The average Bonchev–Trinajstić information content (AvgIpc) is 3.11. The number of aliphatic hydroxyl groups excluding tert-OH is 2. The van der Waals surface area contributed by atoms with Gasteiger partial charge in [0.2, 0.25) is 0 Å². The number of rotatable bonds is 16. The number of halogens is 2. The fraction of sp³-hybridized carbons (Fsp3) is 0.550. The van der Waals surface area contributed by atoms with Crippen LogP contribution in [0, 0.1) is 35.3 Å². The highest BCUT2D eigenvalue weighted by molar-refractivity contribution is 5.88. The highest BCUT2D eigenvalue weighted by Crippen LogP contribution is 2.45. The zero-order chi connectivity index (χ0) is 34.6. The molecule has 0 bridgehead atoms. The van der Waals surface area contributed by atoms with Crippen LogP contribution in [0.3, 0.4) is 0 Å². The zero-order valence-electron chi connectivity index (χ0n) is 28.4. The van der Waals surface area contributed by atoms with Crippen molar-refractivity contribution in [2.24, 2.45) is 23.7 Å². The van der Waals surface area contributed by atoms with E-state index < -0.39 is 25.2 Å². The van der Waals surface area contributed by atoms with Gasteiger partial charge in [-0.1, -0.05) is 57.2 Å². The minimum absolute atomic E-state index is 0.0359. The molecule has 0 saturated heterocycles. The first-order valence-corrected chi connectivity index (χ1v) is 17.6. The number of aryl methyl sites for hydroxylation is 1. The first kappa shape index (κ1) is 37.5. The molecule has 0 aliphatic heterocycles. The molecule has 0 spiro atoms. The van der Waals surface area contributed by atoms with Gasteiger partial charge in [-0.25, -0.2) is 18.4 Å². The normalized spacial score (nSPS) is 21.1. The fourth-order valence-corrected chi connectivity index (χ4v) is 7.56. The van der Waals surface area contributed by atoms with Crippen LogP contribution in [-0.2, 0) is 25.5 Å². The molecule has 2 aliphatic rings. The molecule has 6 nitrogen and oxygen atoms in total. The lowest BCUT2D eigenvalue weighted by Gasteiger charge is -2.39. The standard InChI is InChI=1S/C40H52F2O6/c1-4-5-6-7-28-8-18-36(37(41)20-28)33-17-19-35(38(42)21-33)32-15-13-30(14-16-32)29-9-11-31(12-10-29)34(24-47-39(45)26(2)22-43)25-48-40(46)27(3)23-44/h8,17-21,29-32,34,43-44H,2-7,9-16,22-25H2,1H3. The van der Waals surface area contributed by atoms with Gasteiger partial charge in [0.05, 0.1) is 37.6 Å². The fourth-order valence-electron chi connectivity index (χ4n) is 7.56. The van der Waals surface area contributed by atoms with Crippen LogP contribution in [0.5, 0.6) is 0 Å². The lowest BCUT2D eigenvalue weighted by molar-refractivity contribution is -0.146. The second kappa shape index (κ2) is 18.4. The van der Waals surface area contributed by atoms with Gasteiger partial charge in [-0.3, -0.25) is 0 Å². The summed E-state index contributed by atoms with van der Waals surface area (Å²) in [6.45, 7) is 8.26. The Bertz CT molecular complexity index is 1370. The van der Waals surface area contributed by atoms with E-state index in [1.807, 2.05) is 18.2 Å². The molecule has 0 radical (unpaired) electrons. The van der Waals surface area contributed by atoms with Gasteiger partial charge in [0.1, 0.15) is 11.6 Å². The maximum Gasteiger partial charge on any atom is 0.335 e. The first-order chi connectivity index (χ1) is 23.1. The Morgan fingerprint density at radius 3 is 1.90 bits per heavy atom. The summed E-state index contributed by atoms with van der Waals surface area (Å²) in [5.74, 6) is -0.712. The highest BCUT2D eigenvalue weighted by Gasteiger charge is 2.35. The van der Waals surface area contributed by atoms with Crippen molar-refractivity contribution in [1.82, 2.24) is 0 Å². The molecular weight excluding hydrogens is 614 g/mol. The predicted octanol–water partition coefficient (Wildman–Crippen LogP) is 8.24. The number of benzene rings is 2. The Kier molecular flexibility index (Phi) is 14.4. The quantitative estimate of drug-likeness (QED) is 0.107. The smallest absolute Gasteiger partial charge is 0.335 e. The minimum atomic E-state index is -0.677. The second-order valence-electron chi connectivity index (χ2n) is 13.8. The average molecular weight is 667 g/mol. The number of esters is 2. The van der Waals surface area contributed by atoms with Gasteiger partial charge in [-0.15, -0.1) is 0 Å². The Hall–Kier alpha value is -3.36. The molecule has 0 heterocycles. The molecule has 0 aromatic heterocycles. The molecule has 2 saturated carbocycles. The van der Waals surface area contributed by atoms with E-state index in [1.54, 1.807) is 12.1 Å². The van der Waals surface area contributed by atoms with Crippen LogP contribution >= 0.6 is 0 Å². The van der Waals surface area contributed by atoms with E-state index in [4.69, 9.17) is 9.47 Å². The van der Waals surface area contributed by atoms with Crippen LogP contribution in [0.25, 0.3) is 11.1 Å². The van der Waals surface area contributed by atoms with Crippen LogP contribution in [0.1, 0.15) is 94.6 Å². The molecular formula is C40H52F2O6. The van der Waals surface area contributed by atoms with Crippen molar-refractivity contribution in [3.05, 3.63) is 83.5 Å². The SMILES string of the molecule is C=C(CO)C(=O)OCC(COC(=O)C(=C)CO)C1CCC(C2CCC(c3ccc(-c4ccc(CCCCC)cc4F)cc3F)CC2)CC1. The molecule has 4 rings (SSSR count). The summed E-state index contributed by atoms with van der Waals surface area (Å²) in [5, 5.41) is 18.4. The van der Waals surface area contributed by atoms with E-state index >= 15 is 4.39 Å². The van der Waals surface area contributed by atoms with E-state index in [-0.39, 0.29) is 53.7 Å². The van der Waals surface area contributed by atoms with E-state index in [0.29, 0.717) is 23.0 Å². The Morgan fingerprint density at radius 1 is 0.792 bits per heavy atom. The molecule has 2 N–H and O–H groups in total. The third-order valence-corrected chi connectivity index (χ3v) is 10.6. The van der Waals surface area contributed by atoms with Gasteiger partial charge in [0.15, 0.2) is 0 Å². The minimum Gasteiger partial charge on any atom is -0.462 e. The summed E-state index contributed by atoms with van der Waals surface area (Å²) in [4.78, 5) is 24.3. The van der Waals surface area contributed by atoms with Crippen molar-refractivity contribution >= 4 is 11.9 Å². The van der Waals surface area contributed by atoms with Gasteiger partial charge >= 0.3 is 11.9 Å². The Labute approximate surface area is 284 Å². The van der Waals surface area contributed by atoms with Gasteiger partial charge < -0.3 is 19.7 Å². The van der Waals surface area contributed by atoms with Crippen LogP contribution in [0.15, 0.2) is 60.7 Å². The molecule has 48 heavy (non-hydrogen) atoms. The van der Waals surface area contributed by atoms with E-state index in [2.05, 4.69) is 20.1 Å². The van der Waals surface area contributed by atoms with Crippen molar-refractivity contribution < 1.29 is 38.1 Å². The number of carbonyl (C=O) groups excluding carboxylic acids is 2. The summed E-state index contributed by atoms with van der Waals surface area (Å²) >= 11 is 0. The van der Waals surface area contributed by atoms with E-state index in [0.717, 1.165) is 88.2 Å². The topological polar surface area (TPSA) is 93.1 Å². The monoisotopic (exact) mass is 666 g/mol. The number of ether oxygens (including phenoxy) is 2. The summed E-state index contributed by atoms with van der Waals surface area (Å²) in [6.07, 6.45) is 11.8. The molecule has 0 unspecified atom stereocenters. The van der Waals surface area contributed by atoms with Crippen LogP contribution in [0.2, 0.25) is 0 Å². The summed E-state index contributed by atoms with van der Waals surface area (Å²) < 4.78 is 41.2. The van der Waals surface area contributed by atoms with Crippen molar-refractivity contribution in [3.8, 4) is 11.1 Å². The number of carbonyl (C=O) groups is 2. The third kappa shape index (κ3) is 10.1. The number of hydrogen-bond acceptors (Lipinski definition) is 6. The summed E-state index contributed by atoms with van der Waals surface area (Å²) in [7, 11) is 0. The number of aliphatic hydroxyl groups is 2. The maximum atomic E-state index is 15.4. The Morgan fingerprint density at radius 2 is 1.38 bits per heavy atom. The third-order valence-electron chi connectivity index (χ3n) is 10.6. The highest BCUT2D eigenvalue weighted by atomic mass is 19.1. The van der Waals surface area contributed by atoms with Crippen molar-refractivity contribution in [3.63, 3.8) is 0 Å². The van der Waals surface area contributed by atoms with E-state index in [9.17, 15) is 24.2 Å². The zero-order valence-corrected chi connectivity index (χ0v) is 28.4. The van der Waals surface area contributed by atoms with Gasteiger partial charge in [0, 0.05) is 11.5 Å². The lowest BCUT2D eigenvalue weighted by atomic mass is 9.67. The van der Waals surface area contributed by atoms with Crippen LogP contribution < -0.4 is 0 Å². The lowest BCUT2D eigenvalue weighted by Crippen LogP contribution is -2.33. The molecule has 0 atom stereocenters. The molecule has 262 valence electrons. The van der Waals surface area contributed by atoms with Crippen molar-refractivity contribution in [2.75, 3.05) is 26.4 Å². The molecule has 8 heteroatoms. The van der Waals surface area contributed by atoms with Crippen LogP contribution in [-0.4, -0.2) is 48.6 Å². The largest absolute Gasteiger partial charge is 0.462 e. The van der Waals surface area contributed by atoms with Crippen molar-refractivity contribution in [1.29, 1.82) is 0 Å². The summed E-state index contributed by atoms with van der Waals surface area (Å²) in [5.41, 5.74) is 2.63. The molecule has 2 aromatic rings. The number of unbranched alkanes of at least 4 members (excludes halogenated alkanes) is 2. The molecule has 2 aliphatic carbocycles. The first-order valence-electron chi connectivity index (χ1n) is 17.6. The summed E-state index contributed by atoms with van der Waals surface area (Å²) in [6, 6.07) is 10.5. The Balaban J connectivity index is 1.29. The predicted molar refractivity (Wildman–Crippen MR) is 183 cm³/mol. The maximum absolute atomic E-state index is 15.4. The molecule has 2 aromatic carbocycles. The van der Waals surface area contributed by atoms with Crippen molar-refractivity contribution in [2.45, 2.75) is 89.9 Å². The second-order valence-corrected chi connectivity index (χ2v) is 13.8. The van der Waals surface area contributed by atoms with Crippen LogP contribution in [0.4, 0.5) is 8.78 Å². The van der Waals surface area contributed by atoms with Gasteiger partial charge in [-0.05, 0) is 117 Å². The van der Waals surface area contributed by atoms with Gasteiger partial charge in [-0.2, -0.15) is 0 Å². The van der Waals surface area contributed by atoms with Gasteiger partial charge in [0.25, 0.3) is 0 Å². The van der Waals surface area contributed by atoms with E-state index in [1.165, 1.54) is 6.07 Å². The molecule has 0 amide bonds. The molecule has 2 fully saturated rings. The number of hydrogen-bond donors (Lipinski definition) is 2.